The van der Waals surface area contributed by atoms with E-state index in [0.29, 0.717) is 5.69 Å². The third-order valence-corrected chi connectivity index (χ3v) is 5.77. The second-order valence-corrected chi connectivity index (χ2v) is 7.88. The monoisotopic (exact) mass is 380 g/mol. The van der Waals surface area contributed by atoms with Crippen LogP contribution in [0.15, 0.2) is 53.4 Å². The van der Waals surface area contributed by atoms with Crippen LogP contribution in [0.1, 0.15) is 5.56 Å². The van der Waals surface area contributed by atoms with Crippen LogP contribution in [0.3, 0.4) is 0 Å². The maximum Gasteiger partial charge on any atom is 0.414 e. The first kappa shape index (κ1) is 17.7. The molecule has 132 valence electrons. The van der Waals surface area contributed by atoms with Gasteiger partial charge in [-0.25, -0.2) is 17.9 Å². The normalized spacial score (nSPS) is 17.6. The SMILES string of the molecule is Cc1ccc(N2CC(CNS(=O)(=O)c3ccccc3Cl)OC2=O)cc1. The van der Waals surface area contributed by atoms with Gasteiger partial charge in [0.25, 0.3) is 0 Å². The van der Waals surface area contributed by atoms with Crippen LogP contribution in [0.2, 0.25) is 5.02 Å². The molecular formula is C17H17ClN2O4S. The van der Waals surface area contributed by atoms with Crippen molar-refractivity contribution in [3.8, 4) is 0 Å². The van der Waals surface area contributed by atoms with E-state index >= 15 is 0 Å². The molecule has 1 aliphatic rings. The highest BCUT2D eigenvalue weighted by Gasteiger charge is 2.33. The summed E-state index contributed by atoms with van der Waals surface area (Å²) in [6.45, 7) is 2.20. The van der Waals surface area contributed by atoms with Gasteiger partial charge in [0.05, 0.1) is 11.6 Å². The molecule has 25 heavy (non-hydrogen) atoms. The first-order valence-corrected chi connectivity index (χ1v) is 9.52. The Bertz CT molecular complexity index is 884. The molecule has 2 aromatic carbocycles. The fourth-order valence-electron chi connectivity index (χ4n) is 2.51. The number of nitrogens with zero attached hydrogens (tertiary/aromatic N) is 1. The lowest BCUT2D eigenvalue weighted by Crippen LogP contribution is -2.34. The van der Waals surface area contributed by atoms with Gasteiger partial charge in [-0.05, 0) is 31.2 Å². The summed E-state index contributed by atoms with van der Waals surface area (Å²) in [6, 6.07) is 13.6. The lowest BCUT2D eigenvalue weighted by molar-refractivity contribution is 0.143. The number of amides is 1. The first-order chi connectivity index (χ1) is 11.9. The lowest BCUT2D eigenvalue weighted by Gasteiger charge is -2.13. The van der Waals surface area contributed by atoms with Crippen molar-refractivity contribution in [1.82, 2.24) is 4.72 Å². The summed E-state index contributed by atoms with van der Waals surface area (Å²) in [5, 5.41) is 0.139. The molecule has 1 aliphatic heterocycles. The molecule has 1 atom stereocenters. The molecule has 6 nitrogen and oxygen atoms in total. The van der Waals surface area contributed by atoms with Gasteiger partial charge in [-0.2, -0.15) is 0 Å². The van der Waals surface area contributed by atoms with Gasteiger partial charge in [0.1, 0.15) is 11.0 Å². The number of nitrogens with one attached hydrogen (secondary N) is 1. The number of sulfonamides is 1. The topological polar surface area (TPSA) is 75.7 Å². The maximum absolute atomic E-state index is 12.3. The van der Waals surface area contributed by atoms with Crippen LogP contribution in [-0.2, 0) is 14.8 Å². The summed E-state index contributed by atoms with van der Waals surface area (Å²) >= 11 is 5.93. The minimum absolute atomic E-state index is 0.00335. The number of anilines is 1. The smallest absolute Gasteiger partial charge is 0.414 e. The van der Waals surface area contributed by atoms with Crippen molar-refractivity contribution < 1.29 is 17.9 Å². The van der Waals surface area contributed by atoms with E-state index in [2.05, 4.69) is 4.72 Å². The van der Waals surface area contributed by atoms with E-state index in [4.69, 9.17) is 16.3 Å². The van der Waals surface area contributed by atoms with Crippen LogP contribution in [0.5, 0.6) is 0 Å². The minimum atomic E-state index is -3.78. The summed E-state index contributed by atoms with van der Waals surface area (Å²) in [4.78, 5) is 13.5. The van der Waals surface area contributed by atoms with Crippen molar-refractivity contribution in [3.05, 3.63) is 59.1 Å². The number of hydrogen-bond donors (Lipinski definition) is 1. The Hall–Kier alpha value is -2.09. The van der Waals surface area contributed by atoms with Crippen LogP contribution in [0.25, 0.3) is 0 Å². The highest BCUT2D eigenvalue weighted by atomic mass is 35.5. The van der Waals surface area contributed by atoms with Crippen LogP contribution < -0.4 is 9.62 Å². The number of cyclic esters (lactones) is 1. The molecule has 1 heterocycles. The fraction of sp³-hybridized carbons (Fsp3) is 0.235. The predicted molar refractivity (Wildman–Crippen MR) is 95.4 cm³/mol. The molecule has 1 amide bonds. The third-order valence-electron chi connectivity index (χ3n) is 3.85. The number of rotatable bonds is 5. The van der Waals surface area contributed by atoms with Gasteiger partial charge in [-0.15, -0.1) is 0 Å². The highest BCUT2D eigenvalue weighted by molar-refractivity contribution is 7.89. The molecule has 8 heteroatoms. The second-order valence-electron chi connectivity index (χ2n) is 5.73. The molecule has 1 saturated heterocycles. The number of hydrogen-bond acceptors (Lipinski definition) is 4. The van der Waals surface area contributed by atoms with Gasteiger partial charge >= 0.3 is 6.09 Å². The summed E-state index contributed by atoms with van der Waals surface area (Å²) in [5.41, 5.74) is 1.80. The van der Waals surface area contributed by atoms with Crippen LogP contribution in [0, 0.1) is 6.92 Å². The Morgan fingerprint density at radius 3 is 2.56 bits per heavy atom. The van der Waals surface area contributed by atoms with Gasteiger partial charge in [-0.1, -0.05) is 41.4 Å². The quantitative estimate of drug-likeness (QED) is 0.865. The fourth-order valence-corrected chi connectivity index (χ4v) is 4.09. The zero-order chi connectivity index (χ0) is 18.0. The van der Waals surface area contributed by atoms with Gasteiger partial charge in [0.2, 0.25) is 10.0 Å². The molecule has 0 aromatic heterocycles. The highest BCUT2D eigenvalue weighted by Crippen LogP contribution is 2.23. The van der Waals surface area contributed by atoms with Crippen molar-refractivity contribution in [3.63, 3.8) is 0 Å². The molecule has 0 bridgehead atoms. The van der Waals surface area contributed by atoms with Crippen molar-refractivity contribution >= 4 is 33.4 Å². The van der Waals surface area contributed by atoms with Crippen molar-refractivity contribution in [2.45, 2.75) is 17.9 Å². The van der Waals surface area contributed by atoms with Gasteiger partial charge in [-0.3, -0.25) is 4.90 Å². The average Bonchev–Trinajstić information content (AvgIpc) is 2.95. The van der Waals surface area contributed by atoms with Crippen LogP contribution >= 0.6 is 11.6 Å². The number of aryl methyl sites for hydroxylation is 1. The lowest BCUT2D eigenvalue weighted by atomic mass is 10.2. The number of carbonyl (C=O) groups is 1. The van der Waals surface area contributed by atoms with Crippen molar-refractivity contribution in [2.24, 2.45) is 0 Å². The Labute approximate surface area is 151 Å². The summed E-state index contributed by atoms with van der Waals surface area (Å²) in [6.07, 6.45) is -1.07. The van der Waals surface area contributed by atoms with Gasteiger partial charge in [0, 0.05) is 12.2 Å². The maximum atomic E-state index is 12.3. The number of halogens is 1. The molecule has 0 radical (unpaired) electrons. The van der Waals surface area contributed by atoms with Crippen LogP contribution in [0.4, 0.5) is 10.5 Å². The number of carbonyl (C=O) groups excluding carboxylic acids is 1. The summed E-state index contributed by atoms with van der Waals surface area (Å²) < 4.78 is 32.4. The average molecular weight is 381 g/mol. The molecule has 1 N–H and O–H groups in total. The van der Waals surface area contributed by atoms with E-state index in [-0.39, 0.29) is 23.0 Å². The van der Waals surface area contributed by atoms with Crippen molar-refractivity contribution in [1.29, 1.82) is 0 Å². The van der Waals surface area contributed by atoms with E-state index in [1.807, 2.05) is 31.2 Å². The van der Waals surface area contributed by atoms with Crippen molar-refractivity contribution in [2.75, 3.05) is 18.0 Å². The van der Waals surface area contributed by atoms with Gasteiger partial charge < -0.3 is 4.74 Å². The zero-order valence-corrected chi connectivity index (χ0v) is 15.0. The van der Waals surface area contributed by atoms with E-state index < -0.39 is 22.2 Å². The summed E-state index contributed by atoms with van der Waals surface area (Å²) in [7, 11) is -3.78. The second kappa shape index (κ2) is 7.03. The van der Waals surface area contributed by atoms with E-state index in [1.54, 1.807) is 12.1 Å². The molecule has 3 rings (SSSR count). The van der Waals surface area contributed by atoms with E-state index in [1.165, 1.54) is 17.0 Å². The Balaban J connectivity index is 1.66. The predicted octanol–water partition coefficient (Wildman–Crippen LogP) is 2.95. The molecule has 1 unspecified atom stereocenters. The van der Waals surface area contributed by atoms with Crippen LogP contribution in [-0.4, -0.2) is 33.7 Å². The zero-order valence-electron chi connectivity index (χ0n) is 13.5. The van der Waals surface area contributed by atoms with E-state index in [0.717, 1.165) is 5.56 Å². The first-order valence-electron chi connectivity index (χ1n) is 7.66. The molecule has 1 fully saturated rings. The Kier molecular flexibility index (Phi) is 4.99. The largest absolute Gasteiger partial charge is 0.443 e. The number of ether oxygens (including phenoxy) is 1. The minimum Gasteiger partial charge on any atom is -0.443 e. The third kappa shape index (κ3) is 3.95. The van der Waals surface area contributed by atoms with E-state index in [9.17, 15) is 13.2 Å². The Morgan fingerprint density at radius 2 is 1.88 bits per heavy atom. The molecule has 0 saturated carbocycles. The Morgan fingerprint density at radius 1 is 1.20 bits per heavy atom. The van der Waals surface area contributed by atoms with Gasteiger partial charge in [0.15, 0.2) is 0 Å². The molecule has 0 aliphatic carbocycles. The summed E-state index contributed by atoms with van der Waals surface area (Å²) in [5.74, 6) is 0. The standard InChI is InChI=1S/C17H17ClN2O4S/c1-12-6-8-13(9-7-12)20-11-14(24-17(20)21)10-19-25(22,23)16-5-3-2-4-15(16)18/h2-9,14,19H,10-11H2,1H3. The number of benzene rings is 2. The molecule has 2 aromatic rings. The molecular weight excluding hydrogens is 364 g/mol. The molecule has 0 spiro atoms.